The minimum Gasteiger partial charge on any atom is -0.288 e. The van der Waals surface area contributed by atoms with Gasteiger partial charge in [0.1, 0.15) is 0 Å². The summed E-state index contributed by atoms with van der Waals surface area (Å²) in [6.45, 7) is 6.50. The minimum absolute atomic E-state index is 0.675. The van der Waals surface area contributed by atoms with Crippen molar-refractivity contribution in [1.82, 2.24) is 0 Å². The normalized spacial score (nSPS) is 13.7. The number of hydrogen-bond donors (Lipinski definition) is 0. The van der Waals surface area contributed by atoms with Gasteiger partial charge in [-0.15, -0.1) is 0 Å². The number of rotatable bonds is 7. The van der Waals surface area contributed by atoms with Crippen LogP contribution in [0.3, 0.4) is 0 Å². The third kappa shape index (κ3) is 7.90. The molecule has 0 bridgehead atoms. The Hall–Kier alpha value is -2.55. The molecule has 22 heavy (non-hydrogen) atoms. The van der Waals surface area contributed by atoms with E-state index in [-0.39, 0.29) is 0 Å². The van der Waals surface area contributed by atoms with E-state index in [2.05, 4.69) is 45.5 Å². The van der Waals surface area contributed by atoms with E-state index in [1.54, 1.807) is 12.4 Å². The molecule has 0 aliphatic carbocycles. The van der Waals surface area contributed by atoms with E-state index >= 15 is 0 Å². The average molecular weight is 293 g/mol. The molecular weight excluding hydrogens is 270 g/mol. The molecule has 0 atom stereocenters. The summed E-state index contributed by atoms with van der Waals surface area (Å²) in [5.74, 6) is 0. The van der Waals surface area contributed by atoms with Crippen LogP contribution in [-0.4, -0.2) is 18.6 Å². The number of aliphatic imine (C=N–C) groups is 1. The molecule has 0 radical (unpaired) electrons. The highest BCUT2D eigenvalue weighted by atomic mass is 15.2. The summed E-state index contributed by atoms with van der Waals surface area (Å²) in [6, 6.07) is 8.40. The van der Waals surface area contributed by atoms with Crippen molar-refractivity contribution < 1.29 is 0 Å². The Labute approximate surface area is 133 Å². The minimum atomic E-state index is 0.675. The lowest BCUT2D eigenvalue weighted by Gasteiger charge is -1.98. The maximum absolute atomic E-state index is 4.42. The Morgan fingerprint density at radius 1 is 1.05 bits per heavy atom. The van der Waals surface area contributed by atoms with Crippen LogP contribution in [0.4, 0.5) is 0 Å². The van der Waals surface area contributed by atoms with Crippen LogP contribution in [0.1, 0.15) is 31.9 Å². The standard InChI is InChI=1S/C19H23N3/c1-4-6-7-8-18-9-11-19(12-10-18)16-20-15-17(3)13-14-22-21-5-2/h4-15H,16H2,1-3H3/b6-4-,8-7-,17-13+,20-15-,21-5+,22-14-. The van der Waals surface area contributed by atoms with Gasteiger partial charge in [0.15, 0.2) is 0 Å². The molecule has 0 aliphatic heterocycles. The van der Waals surface area contributed by atoms with Crippen molar-refractivity contribution in [3.8, 4) is 0 Å². The highest BCUT2D eigenvalue weighted by Gasteiger charge is 1.90. The van der Waals surface area contributed by atoms with Gasteiger partial charge in [-0.2, -0.15) is 10.2 Å². The van der Waals surface area contributed by atoms with Gasteiger partial charge in [0.2, 0.25) is 0 Å². The highest BCUT2D eigenvalue weighted by Crippen LogP contribution is 2.07. The summed E-state index contributed by atoms with van der Waals surface area (Å²) in [4.78, 5) is 4.42. The fourth-order valence-corrected chi connectivity index (χ4v) is 1.61. The third-order valence-corrected chi connectivity index (χ3v) is 2.73. The van der Waals surface area contributed by atoms with Gasteiger partial charge in [-0.3, -0.25) is 4.99 Å². The zero-order valence-electron chi connectivity index (χ0n) is 13.5. The van der Waals surface area contributed by atoms with Gasteiger partial charge in [-0.25, -0.2) is 0 Å². The maximum Gasteiger partial charge on any atom is 0.0639 e. The number of hydrogen-bond acceptors (Lipinski definition) is 3. The first-order valence-corrected chi connectivity index (χ1v) is 7.32. The quantitative estimate of drug-likeness (QED) is 0.391. The molecule has 0 unspecified atom stereocenters. The zero-order valence-corrected chi connectivity index (χ0v) is 13.5. The average Bonchev–Trinajstić information content (AvgIpc) is 2.53. The smallest absolute Gasteiger partial charge is 0.0639 e. The molecule has 1 rings (SSSR count). The second-order valence-corrected chi connectivity index (χ2v) is 4.65. The Bertz CT molecular complexity index is 600. The molecule has 0 saturated heterocycles. The van der Waals surface area contributed by atoms with Gasteiger partial charge in [0, 0.05) is 18.6 Å². The summed E-state index contributed by atoms with van der Waals surface area (Å²) in [5.41, 5.74) is 3.42. The molecule has 0 aromatic heterocycles. The molecule has 0 fully saturated rings. The maximum atomic E-state index is 4.42. The molecule has 0 amide bonds. The lowest BCUT2D eigenvalue weighted by molar-refractivity contribution is 1.08. The Balaban J connectivity index is 2.52. The van der Waals surface area contributed by atoms with E-state index in [0.717, 1.165) is 5.57 Å². The molecule has 1 aromatic rings. The summed E-state index contributed by atoms with van der Waals surface area (Å²) < 4.78 is 0. The van der Waals surface area contributed by atoms with E-state index in [1.807, 2.05) is 51.3 Å². The predicted molar refractivity (Wildman–Crippen MR) is 98.9 cm³/mol. The van der Waals surface area contributed by atoms with Crippen molar-refractivity contribution in [1.29, 1.82) is 0 Å². The van der Waals surface area contributed by atoms with E-state index in [9.17, 15) is 0 Å². The molecule has 3 nitrogen and oxygen atoms in total. The van der Waals surface area contributed by atoms with Crippen molar-refractivity contribution in [3.63, 3.8) is 0 Å². The fraction of sp³-hybridized carbons (Fsp3) is 0.211. The second-order valence-electron chi connectivity index (χ2n) is 4.65. The van der Waals surface area contributed by atoms with E-state index in [4.69, 9.17) is 0 Å². The van der Waals surface area contributed by atoms with Crippen LogP contribution >= 0.6 is 0 Å². The SMILES string of the molecule is C/C=C\C=C/c1ccc(C\N=C/C(C)=C/C=N\N=C\C)cc1. The van der Waals surface area contributed by atoms with Crippen LogP contribution in [0.5, 0.6) is 0 Å². The van der Waals surface area contributed by atoms with E-state index in [1.165, 1.54) is 11.1 Å². The van der Waals surface area contributed by atoms with Crippen molar-refractivity contribution in [3.05, 3.63) is 65.3 Å². The largest absolute Gasteiger partial charge is 0.288 e. The van der Waals surface area contributed by atoms with E-state index in [0.29, 0.717) is 6.54 Å². The first kappa shape index (κ1) is 17.5. The van der Waals surface area contributed by atoms with Crippen LogP contribution in [0.2, 0.25) is 0 Å². The molecule has 114 valence electrons. The predicted octanol–water partition coefficient (Wildman–Crippen LogP) is 4.87. The molecule has 1 aromatic carbocycles. The lowest BCUT2D eigenvalue weighted by atomic mass is 10.1. The first-order valence-electron chi connectivity index (χ1n) is 7.32. The Kier molecular flexibility index (Phi) is 8.87. The second kappa shape index (κ2) is 11.1. The van der Waals surface area contributed by atoms with Gasteiger partial charge in [0.05, 0.1) is 6.54 Å². The number of benzene rings is 1. The van der Waals surface area contributed by atoms with Crippen LogP contribution < -0.4 is 0 Å². The van der Waals surface area contributed by atoms with Crippen LogP contribution in [0.15, 0.2) is 69.3 Å². The topological polar surface area (TPSA) is 37.1 Å². The van der Waals surface area contributed by atoms with Gasteiger partial charge < -0.3 is 0 Å². The fourth-order valence-electron chi connectivity index (χ4n) is 1.61. The van der Waals surface area contributed by atoms with Crippen molar-refractivity contribution in [2.24, 2.45) is 15.2 Å². The highest BCUT2D eigenvalue weighted by molar-refractivity contribution is 5.86. The molecule has 0 spiro atoms. The summed E-state index contributed by atoms with van der Waals surface area (Å²) in [5, 5.41) is 7.58. The monoisotopic (exact) mass is 293 g/mol. The van der Waals surface area contributed by atoms with Gasteiger partial charge in [-0.05, 0) is 43.5 Å². The van der Waals surface area contributed by atoms with Crippen molar-refractivity contribution in [2.45, 2.75) is 27.3 Å². The van der Waals surface area contributed by atoms with Gasteiger partial charge in [-0.1, -0.05) is 48.6 Å². The van der Waals surface area contributed by atoms with Gasteiger partial charge in [0.25, 0.3) is 0 Å². The molecule has 0 N–H and O–H groups in total. The van der Waals surface area contributed by atoms with Crippen LogP contribution in [0.25, 0.3) is 6.08 Å². The molecule has 0 heterocycles. The molecule has 3 heteroatoms. The number of allylic oxidation sites excluding steroid dienone is 5. The van der Waals surface area contributed by atoms with Crippen molar-refractivity contribution >= 4 is 24.7 Å². The first-order chi connectivity index (χ1) is 10.8. The Morgan fingerprint density at radius 2 is 1.82 bits per heavy atom. The zero-order chi connectivity index (χ0) is 16.0. The molecular formula is C19H23N3. The summed E-state index contributed by atoms with van der Waals surface area (Å²) in [6.07, 6.45) is 15.2. The summed E-state index contributed by atoms with van der Waals surface area (Å²) >= 11 is 0. The van der Waals surface area contributed by atoms with E-state index < -0.39 is 0 Å². The number of nitrogens with zero attached hydrogens (tertiary/aromatic N) is 3. The molecule has 0 aliphatic rings. The lowest BCUT2D eigenvalue weighted by Crippen LogP contribution is -1.84. The Morgan fingerprint density at radius 3 is 2.50 bits per heavy atom. The van der Waals surface area contributed by atoms with Crippen LogP contribution in [0, 0.1) is 0 Å². The van der Waals surface area contributed by atoms with Crippen LogP contribution in [-0.2, 0) is 6.54 Å². The third-order valence-electron chi connectivity index (χ3n) is 2.73. The van der Waals surface area contributed by atoms with Crippen molar-refractivity contribution in [2.75, 3.05) is 0 Å². The molecule has 0 saturated carbocycles. The summed E-state index contributed by atoms with van der Waals surface area (Å²) in [7, 11) is 0. The van der Waals surface area contributed by atoms with Gasteiger partial charge >= 0.3 is 0 Å².